The Labute approximate surface area is 180 Å². The summed E-state index contributed by atoms with van der Waals surface area (Å²) in [7, 11) is 2.88. The van der Waals surface area contributed by atoms with Crippen LogP contribution in [0.1, 0.15) is 18.1 Å². The van der Waals surface area contributed by atoms with Crippen LogP contribution >= 0.6 is 0 Å². The Kier molecular flexibility index (Phi) is 6.33. The molecule has 10 heteroatoms. The van der Waals surface area contributed by atoms with Gasteiger partial charge in [0.1, 0.15) is 5.69 Å². The summed E-state index contributed by atoms with van der Waals surface area (Å²) < 4.78 is 79.6. The number of ether oxygens (including phenoxy) is 2. The van der Waals surface area contributed by atoms with E-state index < -0.39 is 40.7 Å². The number of allylic oxidation sites excluding steroid dienone is 1. The Morgan fingerprint density at radius 2 is 1.59 bits per heavy atom. The molecular weight excluding hydrogens is 435 g/mol. The summed E-state index contributed by atoms with van der Waals surface area (Å²) in [5.41, 5.74) is -0.402. The average molecular weight is 452 g/mol. The molecule has 0 saturated heterocycles. The van der Waals surface area contributed by atoms with Gasteiger partial charge >= 0.3 is 0 Å². The first kappa shape index (κ1) is 23.0. The number of hydrogen-bond donors (Lipinski definition) is 0. The Balaban J connectivity index is 2.11. The molecule has 0 saturated carbocycles. The zero-order chi connectivity index (χ0) is 23.7. The number of nitrogens with zero attached hydrogens (tertiary/aromatic N) is 2. The van der Waals surface area contributed by atoms with E-state index in [0.717, 1.165) is 0 Å². The van der Waals surface area contributed by atoms with E-state index >= 15 is 0 Å². The summed E-state index contributed by atoms with van der Waals surface area (Å²) in [5, 5.41) is 3.87. The monoisotopic (exact) mass is 452 g/mol. The van der Waals surface area contributed by atoms with E-state index in [9.17, 15) is 26.7 Å². The summed E-state index contributed by atoms with van der Waals surface area (Å²) in [6.45, 7) is 5.04. The van der Waals surface area contributed by atoms with Gasteiger partial charge in [-0.25, -0.2) is 22.0 Å². The van der Waals surface area contributed by atoms with Gasteiger partial charge in [0, 0.05) is 5.56 Å². The van der Waals surface area contributed by atoms with E-state index in [1.54, 1.807) is 18.2 Å². The molecule has 0 atom stereocenters. The smallest absolute Gasteiger partial charge is 0.280 e. The zero-order valence-electron chi connectivity index (χ0n) is 17.2. The van der Waals surface area contributed by atoms with Gasteiger partial charge in [-0.1, -0.05) is 6.08 Å². The summed E-state index contributed by atoms with van der Waals surface area (Å²) in [5.74, 6) is -11.2. The molecule has 0 aromatic heterocycles. The molecular formula is C22H17F5N2O3. The van der Waals surface area contributed by atoms with Crippen LogP contribution in [0.2, 0.25) is 0 Å². The molecule has 0 radical (unpaired) electrons. The Bertz CT molecular complexity index is 1160. The minimum absolute atomic E-state index is 0.0130. The van der Waals surface area contributed by atoms with Crippen molar-refractivity contribution in [3.05, 3.63) is 70.6 Å². The van der Waals surface area contributed by atoms with Crippen molar-refractivity contribution in [1.82, 2.24) is 0 Å². The maximum atomic E-state index is 14.2. The van der Waals surface area contributed by atoms with Gasteiger partial charge < -0.3 is 9.47 Å². The van der Waals surface area contributed by atoms with Crippen LogP contribution in [-0.2, 0) is 11.2 Å². The summed E-state index contributed by atoms with van der Waals surface area (Å²) in [6, 6.07) is 3.23. The van der Waals surface area contributed by atoms with Crippen molar-refractivity contribution in [2.75, 3.05) is 19.2 Å². The van der Waals surface area contributed by atoms with Gasteiger partial charge in [-0.2, -0.15) is 10.1 Å². The normalized spacial score (nSPS) is 14.8. The molecule has 1 aliphatic heterocycles. The molecule has 168 valence electrons. The maximum Gasteiger partial charge on any atom is 0.280 e. The van der Waals surface area contributed by atoms with Crippen LogP contribution < -0.4 is 14.5 Å². The maximum absolute atomic E-state index is 14.2. The van der Waals surface area contributed by atoms with Gasteiger partial charge in [-0.05, 0) is 37.1 Å². The van der Waals surface area contributed by atoms with Crippen LogP contribution in [0.15, 0.2) is 35.5 Å². The van der Waals surface area contributed by atoms with Crippen molar-refractivity contribution >= 4 is 23.4 Å². The second-order valence-electron chi connectivity index (χ2n) is 6.69. The lowest BCUT2D eigenvalue weighted by Gasteiger charge is -2.15. The van der Waals surface area contributed by atoms with Crippen LogP contribution in [0.5, 0.6) is 11.5 Å². The topological polar surface area (TPSA) is 51.1 Å². The minimum Gasteiger partial charge on any atom is -0.493 e. The van der Waals surface area contributed by atoms with Gasteiger partial charge in [0.15, 0.2) is 34.8 Å². The predicted octanol–water partition coefficient (Wildman–Crippen LogP) is 4.93. The first-order valence-electron chi connectivity index (χ1n) is 9.15. The lowest BCUT2D eigenvalue weighted by atomic mass is 10.0. The van der Waals surface area contributed by atoms with Crippen molar-refractivity contribution in [3.63, 3.8) is 0 Å². The number of hydrazone groups is 1. The number of carbonyl (C=O) groups is 1. The molecule has 2 aromatic rings. The third kappa shape index (κ3) is 3.72. The van der Waals surface area contributed by atoms with Crippen LogP contribution in [0.4, 0.5) is 27.6 Å². The summed E-state index contributed by atoms with van der Waals surface area (Å²) >= 11 is 0. The van der Waals surface area contributed by atoms with E-state index in [-0.39, 0.29) is 16.3 Å². The number of anilines is 1. The molecule has 2 aromatic carbocycles. The lowest BCUT2D eigenvalue weighted by molar-refractivity contribution is -0.114. The van der Waals surface area contributed by atoms with E-state index in [4.69, 9.17) is 9.47 Å². The largest absolute Gasteiger partial charge is 0.493 e. The standard InChI is InChI=1S/C22H17F5N2O3/c1-5-6-12-7-11(9-14(31-3)21(12)32-4)8-13-10(2)28-29(22(13)30)20-18(26)16(24)15(23)17(25)19(20)27/h5,7-9H,1,6H2,2-4H3/b13-8+. The SMILES string of the molecule is C=CCc1cc(/C=C2/C(=O)N(c3c(F)c(F)c(F)c(F)c3F)N=C2C)cc(OC)c1OC. The molecule has 0 aliphatic carbocycles. The van der Waals surface area contributed by atoms with Crippen LogP contribution in [0.25, 0.3) is 6.08 Å². The van der Waals surface area contributed by atoms with E-state index in [0.29, 0.717) is 29.0 Å². The summed E-state index contributed by atoms with van der Waals surface area (Å²) in [6.07, 6.45) is 3.41. The Morgan fingerprint density at radius 1 is 1.00 bits per heavy atom. The van der Waals surface area contributed by atoms with Gasteiger partial charge in [-0.3, -0.25) is 4.79 Å². The van der Waals surface area contributed by atoms with Gasteiger partial charge in [0.05, 0.1) is 25.5 Å². The number of hydrogen-bond acceptors (Lipinski definition) is 4. The van der Waals surface area contributed by atoms with Gasteiger partial charge in [-0.15, -0.1) is 6.58 Å². The fourth-order valence-corrected chi connectivity index (χ4v) is 3.24. The van der Waals surface area contributed by atoms with E-state index in [2.05, 4.69) is 11.7 Å². The molecule has 1 heterocycles. The first-order valence-corrected chi connectivity index (χ1v) is 9.15. The number of methoxy groups -OCH3 is 2. The average Bonchev–Trinajstić information content (AvgIpc) is 3.04. The van der Waals surface area contributed by atoms with Crippen LogP contribution in [0.3, 0.4) is 0 Å². The Morgan fingerprint density at radius 3 is 2.12 bits per heavy atom. The lowest BCUT2D eigenvalue weighted by Crippen LogP contribution is -2.25. The van der Waals surface area contributed by atoms with Crippen molar-refractivity contribution in [1.29, 1.82) is 0 Å². The number of halogens is 5. The molecule has 1 aliphatic rings. The molecule has 0 bridgehead atoms. The predicted molar refractivity (Wildman–Crippen MR) is 108 cm³/mol. The molecule has 32 heavy (non-hydrogen) atoms. The fourth-order valence-electron chi connectivity index (χ4n) is 3.24. The second-order valence-corrected chi connectivity index (χ2v) is 6.69. The summed E-state index contributed by atoms with van der Waals surface area (Å²) in [4.78, 5) is 12.8. The molecule has 0 fully saturated rings. The number of carbonyl (C=O) groups excluding carboxylic acids is 1. The molecule has 3 rings (SSSR count). The van der Waals surface area contributed by atoms with Crippen LogP contribution in [0, 0.1) is 29.1 Å². The highest BCUT2D eigenvalue weighted by atomic mass is 19.2. The molecule has 0 N–H and O–H groups in total. The van der Waals surface area contributed by atoms with Crippen molar-refractivity contribution in [2.45, 2.75) is 13.3 Å². The molecule has 0 spiro atoms. The van der Waals surface area contributed by atoms with E-state index in [1.165, 1.54) is 27.2 Å². The van der Waals surface area contributed by atoms with Gasteiger partial charge in [0.2, 0.25) is 5.82 Å². The Hall–Kier alpha value is -3.69. The van der Waals surface area contributed by atoms with Crippen LogP contribution in [-0.4, -0.2) is 25.8 Å². The number of amides is 1. The van der Waals surface area contributed by atoms with Crippen molar-refractivity contribution in [2.24, 2.45) is 5.10 Å². The quantitative estimate of drug-likeness (QED) is 0.205. The van der Waals surface area contributed by atoms with E-state index in [1.807, 2.05) is 0 Å². The second kappa shape index (κ2) is 8.81. The third-order valence-corrected chi connectivity index (χ3v) is 4.71. The number of benzene rings is 2. The number of rotatable bonds is 6. The first-order chi connectivity index (χ1) is 15.2. The van der Waals surface area contributed by atoms with Crippen molar-refractivity contribution in [3.8, 4) is 11.5 Å². The molecule has 0 unspecified atom stereocenters. The molecule has 5 nitrogen and oxygen atoms in total. The third-order valence-electron chi connectivity index (χ3n) is 4.71. The fraction of sp³-hybridized carbons (Fsp3) is 0.182. The minimum atomic E-state index is -2.33. The molecule has 1 amide bonds. The zero-order valence-corrected chi connectivity index (χ0v) is 17.2. The highest BCUT2D eigenvalue weighted by Gasteiger charge is 2.37. The highest BCUT2D eigenvalue weighted by Crippen LogP contribution is 2.36. The highest BCUT2D eigenvalue weighted by molar-refractivity contribution is 6.32. The van der Waals surface area contributed by atoms with Crippen molar-refractivity contribution < 1.29 is 36.2 Å². The van der Waals surface area contributed by atoms with Gasteiger partial charge in [0.25, 0.3) is 5.91 Å².